The zero-order valence-electron chi connectivity index (χ0n) is 12.0. The van der Waals surface area contributed by atoms with Gasteiger partial charge < -0.3 is 4.74 Å². The van der Waals surface area contributed by atoms with Crippen LogP contribution in [0.15, 0.2) is 30.8 Å². The minimum absolute atomic E-state index is 0.280. The summed E-state index contributed by atoms with van der Waals surface area (Å²) >= 11 is 0. The fraction of sp³-hybridized carbons (Fsp3) is 0.529. The summed E-state index contributed by atoms with van der Waals surface area (Å²) in [6.07, 6.45) is 6.59. The van der Waals surface area contributed by atoms with E-state index in [0.717, 1.165) is 23.3 Å². The molecule has 100 valence electrons. The topological polar surface area (TPSA) is 9.23 Å². The Bertz CT molecular complexity index is 368. The number of para-hydroxylation sites is 1. The molecule has 1 heteroatoms. The summed E-state index contributed by atoms with van der Waals surface area (Å²) < 4.78 is 6.03. The molecule has 0 fully saturated rings. The van der Waals surface area contributed by atoms with E-state index in [9.17, 15) is 0 Å². The summed E-state index contributed by atoms with van der Waals surface area (Å²) in [6, 6.07) is 8.16. The average molecular weight is 246 g/mol. The molecule has 1 unspecified atom stereocenters. The van der Waals surface area contributed by atoms with E-state index in [4.69, 9.17) is 4.74 Å². The van der Waals surface area contributed by atoms with E-state index in [1.165, 1.54) is 25.7 Å². The average Bonchev–Trinajstić information content (AvgIpc) is 2.35. The number of unbranched alkanes of at least 4 members (excludes halogenated alkanes) is 3. The molecule has 1 nitrogen and oxygen atoms in total. The second-order valence-corrected chi connectivity index (χ2v) is 5.05. The van der Waals surface area contributed by atoms with Crippen molar-refractivity contribution in [3.05, 3.63) is 36.4 Å². The maximum atomic E-state index is 6.03. The lowest BCUT2D eigenvalue weighted by Crippen LogP contribution is -2.12. The van der Waals surface area contributed by atoms with Gasteiger partial charge in [-0.2, -0.15) is 0 Å². The molecule has 18 heavy (non-hydrogen) atoms. The minimum atomic E-state index is 0.280. The van der Waals surface area contributed by atoms with Gasteiger partial charge in [-0.05, 0) is 38.3 Å². The highest BCUT2D eigenvalue weighted by molar-refractivity contribution is 5.66. The van der Waals surface area contributed by atoms with Gasteiger partial charge in [-0.1, -0.05) is 51.0 Å². The van der Waals surface area contributed by atoms with Gasteiger partial charge in [-0.25, -0.2) is 0 Å². The van der Waals surface area contributed by atoms with Gasteiger partial charge in [-0.3, -0.25) is 0 Å². The molecule has 1 aromatic rings. The molecule has 0 bridgehead atoms. The Morgan fingerprint density at radius 2 is 1.94 bits per heavy atom. The van der Waals surface area contributed by atoms with Crippen LogP contribution >= 0.6 is 0 Å². The first-order chi connectivity index (χ1) is 8.65. The van der Waals surface area contributed by atoms with E-state index in [0.29, 0.717) is 0 Å². The van der Waals surface area contributed by atoms with E-state index in [1.807, 2.05) is 25.1 Å². The summed E-state index contributed by atoms with van der Waals surface area (Å²) in [6.45, 7) is 10.4. The highest BCUT2D eigenvalue weighted by Gasteiger charge is 2.08. The van der Waals surface area contributed by atoms with Crippen molar-refractivity contribution in [3.63, 3.8) is 0 Å². The van der Waals surface area contributed by atoms with Crippen LogP contribution in [0.25, 0.3) is 5.57 Å². The molecule has 0 aliphatic heterocycles. The van der Waals surface area contributed by atoms with Gasteiger partial charge in [0.2, 0.25) is 0 Å². The standard InChI is InChI=1S/C17H26O/c1-5-6-7-8-11-15(4)18-17-13-10-9-12-16(17)14(2)3/h9-10,12-13,15H,2,5-8,11H2,1,3-4H3. The van der Waals surface area contributed by atoms with Gasteiger partial charge >= 0.3 is 0 Å². The van der Waals surface area contributed by atoms with Gasteiger partial charge in [0.15, 0.2) is 0 Å². The Balaban J connectivity index is 2.48. The van der Waals surface area contributed by atoms with E-state index < -0.39 is 0 Å². The van der Waals surface area contributed by atoms with Crippen LogP contribution in [-0.2, 0) is 0 Å². The van der Waals surface area contributed by atoms with Gasteiger partial charge in [0.05, 0.1) is 6.10 Å². The van der Waals surface area contributed by atoms with E-state index in [2.05, 4.69) is 26.5 Å². The van der Waals surface area contributed by atoms with E-state index >= 15 is 0 Å². The second-order valence-electron chi connectivity index (χ2n) is 5.05. The molecule has 0 saturated heterocycles. The summed E-state index contributed by atoms with van der Waals surface area (Å²) in [4.78, 5) is 0. The molecule has 0 saturated carbocycles. The van der Waals surface area contributed by atoms with E-state index in [1.54, 1.807) is 0 Å². The Hall–Kier alpha value is -1.24. The molecule has 0 amide bonds. The fourth-order valence-corrected chi connectivity index (χ4v) is 2.06. The molecule has 0 aliphatic rings. The Morgan fingerprint density at radius 3 is 2.61 bits per heavy atom. The highest BCUT2D eigenvalue weighted by atomic mass is 16.5. The molecule has 0 spiro atoms. The van der Waals surface area contributed by atoms with Gasteiger partial charge in [0, 0.05) is 5.56 Å². The molecular formula is C17H26O. The molecular weight excluding hydrogens is 220 g/mol. The van der Waals surface area contributed by atoms with Crippen molar-refractivity contribution in [1.82, 2.24) is 0 Å². The third-order valence-electron chi connectivity index (χ3n) is 3.14. The summed E-state index contributed by atoms with van der Waals surface area (Å²) in [5.41, 5.74) is 2.18. The van der Waals surface area contributed by atoms with Crippen LogP contribution in [0.5, 0.6) is 5.75 Å². The molecule has 0 heterocycles. The smallest absolute Gasteiger partial charge is 0.127 e. The third-order valence-corrected chi connectivity index (χ3v) is 3.14. The maximum absolute atomic E-state index is 6.03. The van der Waals surface area contributed by atoms with Crippen molar-refractivity contribution >= 4 is 5.57 Å². The fourth-order valence-electron chi connectivity index (χ4n) is 2.06. The lowest BCUT2D eigenvalue weighted by molar-refractivity contribution is 0.206. The Kier molecular flexibility index (Phi) is 6.56. The number of allylic oxidation sites excluding steroid dienone is 1. The van der Waals surface area contributed by atoms with Gasteiger partial charge in [-0.15, -0.1) is 0 Å². The molecule has 0 N–H and O–H groups in total. The monoisotopic (exact) mass is 246 g/mol. The number of hydrogen-bond donors (Lipinski definition) is 0. The van der Waals surface area contributed by atoms with Crippen molar-refractivity contribution in [3.8, 4) is 5.75 Å². The normalized spacial score (nSPS) is 12.2. The first-order valence-corrected chi connectivity index (χ1v) is 7.06. The molecule has 0 aliphatic carbocycles. The minimum Gasteiger partial charge on any atom is -0.490 e. The number of hydrogen-bond acceptors (Lipinski definition) is 1. The van der Waals surface area contributed by atoms with E-state index in [-0.39, 0.29) is 6.10 Å². The SMILES string of the molecule is C=C(C)c1ccccc1OC(C)CCCCCC. The first-order valence-electron chi connectivity index (χ1n) is 7.06. The lowest BCUT2D eigenvalue weighted by atomic mass is 10.1. The van der Waals surface area contributed by atoms with Crippen LogP contribution in [0.2, 0.25) is 0 Å². The summed E-state index contributed by atoms with van der Waals surface area (Å²) in [7, 11) is 0. The Morgan fingerprint density at radius 1 is 1.22 bits per heavy atom. The lowest BCUT2D eigenvalue weighted by Gasteiger charge is -2.17. The van der Waals surface area contributed by atoms with Crippen molar-refractivity contribution in [2.24, 2.45) is 0 Å². The number of rotatable bonds is 8. The van der Waals surface area contributed by atoms with Crippen LogP contribution in [-0.4, -0.2) is 6.10 Å². The van der Waals surface area contributed by atoms with Gasteiger partial charge in [0.1, 0.15) is 5.75 Å². The number of benzene rings is 1. The predicted octanol–water partition coefficient (Wildman–Crippen LogP) is 5.46. The van der Waals surface area contributed by atoms with Crippen molar-refractivity contribution in [1.29, 1.82) is 0 Å². The molecule has 1 rings (SSSR count). The quantitative estimate of drug-likeness (QED) is 0.554. The second kappa shape index (κ2) is 7.97. The van der Waals surface area contributed by atoms with Gasteiger partial charge in [0.25, 0.3) is 0 Å². The van der Waals surface area contributed by atoms with Crippen LogP contribution in [0.3, 0.4) is 0 Å². The van der Waals surface area contributed by atoms with Crippen LogP contribution < -0.4 is 4.74 Å². The molecule has 0 aromatic heterocycles. The van der Waals surface area contributed by atoms with Crippen LogP contribution in [0.1, 0.15) is 58.4 Å². The third kappa shape index (κ3) is 4.95. The zero-order valence-corrected chi connectivity index (χ0v) is 12.0. The Labute approximate surface area is 112 Å². The summed E-state index contributed by atoms with van der Waals surface area (Å²) in [5.74, 6) is 0.966. The predicted molar refractivity (Wildman–Crippen MR) is 80.0 cm³/mol. The largest absolute Gasteiger partial charge is 0.490 e. The van der Waals surface area contributed by atoms with Crippen LogP contribution in [0.4, 0.5) is 0 Å². The summed E-state index contributed by atoms with van der Waals surface area (Å²) in [5, 5.41) is 0. The molecule has 1 aromatic carbocycles. The first kappa shape index (κ1) is 14.8. The van der Waals surface area contributed by atoms with Crippen molar-refractivity contribution < 1.29 is 4.74 Å². The molecule has 1 atom stereocenters. The maximum Gasteiger partial charge on any atom is 0.127 e. The molecule has 0 radical (unpaired) electrons. The zero-order chi connectivity index (χ0) is 13.4. The van der Waals surface area contributed by atoms with Crippen LogP contribution in [0, 0.1) is 0 Å². The highest BCUT2D eigenvalue weighted by Crippen LogP contribution is 2.26. The number of ether oxygens (including phenoxy) is 1. The van der Waals surface area contributed by atoms with Crippen molar-refractivity contribution in [2.75, 3.05) is 0 Å². The van der Waals surface area contributed by atoms with Crippen molar-refractivity contribution in [2.45, 2.75) is 59.0 Å².